The van der Waals surface area contributed by atoms with Crippen LogP contribution < -0.4 is 0 Å². The molecule has 2 rings (SSSR count). The maximum atomic E-state index is 13.2. The molecule has 0 radical (unpaired) electrons. The van der Waals surface area contributed by atoms with Gasteiger partial charge in [0.25, 0.3) is 6.47 Å². The first-order valence-corrected chi connectivity index (χ1v) is 5.76. The number of aromatic nitrogens is 3. The molecule has 7 heteroatoms. The largest absolute Gasteiger partial charge is 0.483 e. The van der Waals surface area contributed by atoms with Gasteiger partial charge in [-0.3, -0.25) is 9.48 Å². The van der Waals surface area contributed by atoms with Crippen LogP contribution in [-0.2, 0) is 23.2 Å². The highest BCUT2D eigenvalue weighted by Crippen LogP contribution is 2.18. The van der Waals surface area contributed by atoms with Gasteiger partial charge < -0.3 is 9.84 Å². The zero-order valence-corrected chi connectivity index (χ0v) is 11.5. The molecule has 0 aliphatic heterocycles. The zero-order valence-electron chi connectivity index (χ0n) is 11.5. The summed E-state index contributed by atoms with van der Waals surface area (Å²) >= 11 is 0. The number of halogens is 1. The fourth-order valence-electron chi connectivity index (χ4n) is 1.58. The highest BCUT2D eigenvalue weighted by atomic mass is 19.1. The Balaban J connectivity index is 0.000000612. The third-order valence-electron chi connectivity index (χ3n) is 2.54. The Morgan fingerprint density at radius 3 is 2.70 bits per heavy atom. The van der Waals surface area contributed by atoms with E-state index in [0.29, 0.717) is 18.0 Å². The summed E-state index contributed by atoms with van der Waals surface area (Å²) in [5.74, 6) is 1.11. The molecule has 2 aromatic rings. The Morgan fingerprint density at radius 1 is 1.50 bits per heavy atom. The lowest BCUT2D eigenvalue weighted by Gasteiger charge is -1.98. The second-order valence-electron chi connectivity index (χ2n) is 3.98. The van der Waals surface area contributed by atoms with E-state index in [0.717, 1.165) is 11.4 Å². The molecule has 20 heavy (non-hydrogen) atoms. The van der Waals surface area contributed by atoms with Crippen LogP contribution in [-0.4, -0.2) is 33.5 Å². The van der Waals surface area contributed by atoms with Crippen LogP contribution in [0, 0.1) is 12.7 Å². The quantitative estimate of drug-likeness (QED) is 0.868. The number of ether oxygens (including phenoxy) is 1. The van der Waals surface area contributed by atoms with Crippen molar-refractivity contribution in [2.24, 2.45) is 7.05 Å². The fourth-order valence-corrected chi connectivity index (χ4v) is 1.58. The number of nitrogens with zero attached hydrogens (tertiary/aromatic N) is 3. The van der Waals surface area contributed by atoms with Crippen molar-refractivity contribution in [2.75, 3.05) is 7.11 Å². The van der Waals surface area contributed by atoms with Gasteiger partial charge in [0, 0.05) is 19.7 Å². The first-order valence-electron chi connectivity index (χ1n) is 5.76. The molecule has 0 bridgehead atoms. The number of rotatable bonds is 3. The number of hydrogen-bond donors (Lipinski definition) is 1. The predicted molar refractivity (Wildman–Crippen MR) is 70.5 cm³/mol. The van der Waals surface area contributed by atoms with E-state index in [2.05, 4.69) is 10.1 Å². The third kappa shape index (κ3) is 3.86. The minimum atomic E-state index is -0.250. The lowest BCUT2D eigenvalue weighted by molar-refractivity contribution is -0.122. The van der Waals surface area contributed by atoms with Crippen molar-refractivity contribution in [3.05, 3.63) is 35.4 Å². The van der Waals surface area contributed by atoms with Gasteiger partial charge in [0.2, 0.25) is 0 Å². The SMILES string of the molecule is COCc1nc(-c2ccc(F)c(C)c2)nn1C.O=CO. The number of hydrogen-bond acceptors (Lipinski definition) is 4. The molecule has 0 atom stereocenters. The molecule has 1 aromatic heterocycles. The van der Waals surface area contributed by atoms with Crippen molar-refractivity contribution in [3.8, 4) is 11.4 Å². The van der Waals surface area contributed by atoms with Crippen LogP contribution in [0.1, 0.15) is 11.4 Å². The van der Waals surface area contributed by atoms with Crippen molar-refractivity contribution in [3.63, 3.8) is 0 Å². The first-order chi connectivity index (χ1) is 9.53. The number of carboxylic acid groups (broad SMARTS) is 1. The van der Waals surface area contributed by atoms with Crippen molar-refractivity contribution in [1.82, 2.24) is 14.8 Å². The molecule has 0 spiro atoms. The second kappa shape index (κ2) is 7.34. The van der Waals surface area contributed by atoms with Gasteiger partial charge >= 0.3 is 0 Å². The molecule has 0 aliphatic rings. The van der Waals surface area contributed by atoms with Crippen molar-refractivity contribution in [1.29, 1.82) is 0 Å². The monoisotopic (exact) mass is 281 g/mol. The summed E-state index contributed by atoms with van der Waals surface area (Å²) in [5.41, 5.74) is 1.39. The highest BCUT2D eigenvalue weighted by Gasteiger charge is 2.10. The van der Waals surface area contributed by atoms with Gasteiger partial charge in [0.15, 0.2) is 11.6 Å². The Labute approximate surface area is 115 Å². The van der Waals surface area contributed by atoms with Crippen molar-refractivity contribution in [2.45, 2.75) is 13.5 Å². The highest BCUT2D eigenvalue weighted by molar-refractivity contribution is 5.55. The average molecular weight is 281 g/mol. The average Bonchev–Trinajstić information content (AvgIpc) is 2.76. The zero-order chi connectivity index (χ0) is 15.1. The molecule has 1 heterocycles. The molecule has 1 N–H and O–H groups in total. The molecular weight excluding hydrogens is 265 g/mol. The van der Waals surface area contributed by atoms with Crippen LogP contribution in [0.2, 0.25) is 0 Å². The minimum absolute atomic E-state index is 0.221. The molecule has 0 saturated carbocycles. The maximum Gasteiger partial charge on any atom is 0.290 e. The van der Waals surface area contributed by atoms with Crippen LogP contribution in [0.15, 0.2) is 18.2 Å². The molecule has 0 fully saturated rings. The number of benzene rings is 1. The van der Waals surface area contributed by atoms with Crippen LogP contribution in [0.4, 0.5) is 4.39 Å². The van der Waals surface area contributed by atoms with Crippen LogP contribution in [0.5, 0.6) is 0 Å². The van der Waals surface area contributed by atoms with Crippen molar-refractivity contribution < 1.29 is 19.0 Å². The number of aryl methyl sites for hydroxylation is 2. The molecule has 6 nitrogen and oxygen atoms in total. The van der Waals surface area contributed by atoms with E-state index in [1.807, 2.05) is 0 Å². The summed E-state index contributed by atoms with van der Waals surface area (Å²) in [4.78, 5) is 12.7. The summed E-state index contributed by atoms with van der Waals surface area (Å²) in [6.07, 6.45) is 0. The van der Waals surface area contributed by atoms with Gasteiger partial charge in [-0.2, -0.15) is 5.10 Å². The maximum absolute atomic E-state index is 13.2. The van der Waals surface area contributed by atoms with Crippen molar-refractivity contribution >= 4 is 6.47 Å². The van der Waals surface area contributed by atoms with E-state index in [1.54, 1.807) is 37.9 Å². The normalized spacial score (nSPS) is 9.80. The molecule has 0 aliphatic carbocycles. The van der Waals surface area contributed by atoms with Crippen LogP contribution in [0.3, 0.4) is 0 Å². The third-order valence-corrected chi connectivity index (χ3v) is 2.54. The molecule has 0 amide bonds. The molecule has 1 aromatic carbocycles. The van der Waals surface area contributed by atoms with E-state index in [4.69, 9.17) is 14.6 Å². The van der Waals surface area contributed by atoms with E-state index in [1.165, 1.54) is 6.07 Å². The first kappa shape index (κ1) is 15.8. The predicted octanol–water partition coefficient (Wildman–Crippen LogP) is 1.78. The number of carbonyl (C=O) groups is 1. The minimum Gasteiger partial charge on any atom is -0.483 e. The fraction of sp³-hybridized carbons (Fsp3) is 0.308. The van der Waals surface area contributed by atoms with Gasteiger partial charge in [0.05, 0.1) is 0 Å². The van der Waals surface area contributed by atoms with Gasteiger partial charge in [-0.25, -0.2) is 9.37 Å². The number of methoxy groups -OCH3 is 1. The van der Waals surface area contributed by atoms with E-state index < -0.39 is 0 Å². The van der Waals surface area contributed by atoms with Crippen LogP contribution >= 0.6 is 0 Å². The summed E-state index contributed by atoms with van der Waals surface area (Å²) in [6.45, 7) is 1.88. The summed E-state index contributed by atoms with van der Waals surface area (Å²) < 4.78 is 19.8. The lowest BCUT2D eigenvalue weighted by atomic mass is 10.1. The lowest BCUT2D eigenvalue weighted by Crippen LogP contribution is -2.00. The molecule has 0 unspecified atom stereocenters. The van der Waals surface area contributed by atoms with Gasteiger partial charge in [0.1, 0.15) is 12.4 Å². The van der Waals surface area contributed by atoms with Gasteiger partial charge in [-0.15, -0.1) is 0 Å². The Bertz CT molecular complexity index is 584. The summed E-state index contributed by atoms with van der Waals surface area (Å²) in [5, 5.41) is 11.2. The Kier molecular flexibility index (Phi) is 5.79. The Hall–Kier alpha value is -2.28. The van der Waals surface area contributed by atoms with E-state index in [-0.39, 0.29) is 12.3 Å². The second-order valence-corrected chi connectivity index (χ2v) is 3.98. The molecule has 108 valence electrons. The van der Waals surface area contributed by atoms with E-state index >= 15 is 0 Å². The van der Waals surface area contributed by atoms with Gasteiger partial charge in [-0.05, 0) is 30.7 Å². The standard InChI is InChI=1S/C12H14FN3O.CH2O2/c1-8-6-9(4-5-10(8)13)12-14-11(7-17-3)16(2)15-12;2-1-3/h4-6H,7H2,1-3H3;1H,(H,2,3). The Morgan fingerprint density at radius 2 is 2.15 bits per heavy atom. The molecule has 0 saturated heterocycles. The topological polar surface area (TPSA) is 77.2 Å². The van der Waals surface area contributed by atoms with Gasteiger partial charge in [-0.1, -0.05) is 0 Å². The molecular formula is C13H16FN3O3. The van der Waals surface area contributed by atoms with Crippen LogP contribution in [0.25, 0.3) is 11.4 Å². The van der Waals surface area contributed by atoms with E-state index in [9.17, 15) is 4.39 Å². The summed E-state index contributed by atoms with van der Waals surface area (Å²) in [7, 11) is 3.41. The summed E-state index contributed by atoms with van der Waals surface area (Å²) in [6, 6.07) is 4.84. The smallest absolute Gasteiger partial charge is 0.290 e.